The van der Waals surface area contributed by atoms with Crippen molar-refractivity contribution in [2.45, 2.75) is 0 Å². The van der Waals surface area contributed by atoms with E-state index in [2.05, 4.69) is 216 Å². The van der Waals surface area contributed by atoms with Crippen molar-refractivity contribution < 1.29 is 4.74 Å². The number of rotatable bonds is 5. The second kappa shape index (κ2) is 14.0. The minimum atomic E-state index is 0.681. The van der Waals surface area contributed by atoms with Crippen LogP contribution in [0.15, 0.2) is 218 Å². The average Bonchev–Trinajstić information content (AvgIpc) is 3.70. The minimum Gasteiger partial charge on any atom is -0.453 e. The summed E-state index contributed by atoms with van der Waals surface area (Å²) in [6.07, 6.45) is 0. The summed E-state index contributed by atoms with van der Waals surface area (Å²) in [7, 11) is 0. The third kappa shape index (κ3) is 5.57. The van der Waals surface area contributed by atoms with E-state index in [4.69, 9.17) is 14.7 Å². The fourth-order valence-electron chi connectivity index (χ4n) is 9.74. The van der Waals surface area contributed by atoms with Crippen LogP contribution in [0, 0.1) is 0 Å². The molecule has 0 bridgehead atoms. The molecule has 63 heavy (non-hydrogen) atoms. The molecule has 0 N–H and O–H groups in total. The van der Waals surface area contributed by atoms with Gasteiger partial charge in [-0.05, 0) is 87.8 Å². The standard InChI is InChI=1S/C58H36N4O/c1-2-19-41(20-3-1)61-50-29-10-11-30-53(50)63-54-36-39(32-33-51(54)61)45-25-14-27-48-55-44-23-7-5-16-38(44)31-34-52(55)62(57(45)48)42-21-12-18-40(35-42)58-59-49-28-9-8-24-47(49)56(60-58)46-26-13-17-37-15-4-6-22-43(37)46/h1-36H. The minimum absolute atomic E-state index is 0.681. The Kier molecular flexibility index (Phi) is 7.84. The Morgan fingerprint density at radius 2 is 1.06 bits per heavy atom. The maximum Gasteiger partial charge on any atom is 0.160 e. The third-order valence-electron chi connectivity index (χ3n) is 12.5. The molecule has 12 aromatic rings. The highest BCUT2D eigenvalue weighted by molar-refractivity contribution is 6.23. The third-order valence-corrected chi connectivity index (χ3v) is 12.5. The van der Waals surface area contributed by atoms with Crippen LogP contribution in [-0.2, 0) is 0 Å². The predicted molar refractivity (Wildman–Crippen MR) is 260 cm³/mol. The molecule has 13 rings (SSSR count). The van der Waals surface area contributed by atoms with Gasteiger partial charge in [-0.2, -0.15) is 0 Å². The van der Waals surface area contributed by atoms with Gasteiger partial charge in [-0.3, -0.25) is 0 Å². The Labute approximate surface area is 363 Å². The van der Waals surface area contributed by atoms with E-state index >= 15 is 0 Å². The molecule has 0 spiro atoms. The fraction of sp³-hybridized carbons (Fsp3) is 0. The maximum atomic E-state index is 6.73. The van der Waals surface area contributed by atoms with Gasteiger partial charge in [0.2, 0.25) is 0 Å². The highest BCUT2D eigenvalue weighted by Crippen LogP contribution is 2.52. The lowest BCUT2D eigenvalue weighted by molar-refractivity contribution is 0.477. The van der Waals surface area contributed by atoms with Gasteiger partial charge < -0.3 is 14.2 Å². The Balaban J connectivity index is 1.03. The van der Waals surface area contributed by atoms with Crippen LogP contribution in [0.4, 0.5) is 17.1 Å². The van der Waals surface area contributed by atoms with Crippen molar-refractivity contribution in [1.29, 1.82) is 0 Å². The van der Waals surface area contributed by atoms with E-state index in [0.717, 1.165) is 89.5 Å². The lowest BCUT2D eigenvalue weighted by Gasteiger charge is -2.33. The summed E-state index contributed by atoms with van der Waals surface area (Å²) in [6.45, 7) is 0. The van der Waals surface area contributed by atoms with Gasteiger partial charge in [0.25, 0.3) is 0 Å². The first kappa shape index (κ1) is 35.2. The molecule has 5 heteroatoms. The van der Waals surface area contributed by atoms with Gasteiger partial charge in [-0.1, -0.05) is 158 Å². The summed E-state index contributed by atoms with van der Waals surface area (Å²) in [4.78, 5) is 12.9. The van der Waals surface area contributed by atoms with Crippen LogP contribution in [0.1, 0.15) is 0 Å². The number of para-hydroxylation sites is 5. The summed E-state index contributed by atoms with van der Waals surface area (Å²) in [5, 5.41) is 8.19. The lowest BCUT2D eigenvalue weighted by atomic mass is 9.98. The van der Waals surface area contributed by atoms with Crippen LogP contribution in [-0.4, -0.2) is 14.5 Å². The van der Waals surface area contributed by atoms with Crippen molar-refractivity contribution in [3.8, 4) is 51.0 Å². The van der Waals surface area contributed by atoms with Crippen LogP contribution in [0.5, 0.6) is 11.5 Å². The summed E-state index contributed by atoms with van der Waals surface area (Å²) < 4.78 is 9.16. The van der Waals surface area contributed by atoms with Gasteiger partial charge >= 0.3 is 0 Å². The molecule has 294 valence electrons. The first-order valence-electron chi connectivity index (χ1n) is 21.3. The molecule has 0 aliphatic carbocycles. The van der Waals surface area contributed by atoms with E-state index in [1.807, 2.05) is 12.1 Å². The second-order valence-corrected chi connectivity index (χ2v) is 16.1. The van der Waals surface area contributed by atoms with Crippen LogP contribution in [0.25, 0.3) is 93.7 Å². The van der Waals surface area contributed by atoms with E-state index in [9.17, 15) is 0 Å². The summed E-state index contributed by atoms with van der Waals surface area (Å²) in [6, 6.07) is 77.2. The van der Waals surface area contributed by atoms with Gasteiger partial charge in [0.15, 0.2) is 17.3 Å². The zero-order valence-electron chi connectivity index (χ0n) is 34.0. The topological polar surface area (TPSA) is 43.2 Å². The van der Waals surface area contributed by atoms with Crippen LogP contribution >= 0.6 is 0 Å². The van der Waals surface area contributed by atoms with Gasteiger partial charge in [0, 0.05) is 44.2 Å². The number of aromatic nitrogens is 3. The van der Waals surface area contributed by atoms with E-state index < -0.39 is 0 Å². The van der Waals surface area contributed by atoms with Crippen LogP contribution in [0.2, 0.25) is 0 Å². The smallest absolute Gasteiger partial charge is 0.160 e. The van der Waals surface area contributed by atoms with Crippen LogP contribution < -0.4 is 9.64 Å². The van der Waals surface area contributed by atoms with Crippen molar-refractivity contribution in [1.82, 2.24) is 14.5 Å². The van der Waals surface area contributed by atoms with Crippen LogP contribution in [0.3, 0.4) is 0 Å². The molecule has 0 amide bonds. The van der Waals surface area contributed by atoms with E-state index in [1.165, 1.54) is 26.9 Å². The highest BCUT2D eigenvalue weighted by atomic mass is 16.5. The molecular weight excluding hydrogens is 769 g/mol. The number of ether oxygens (including phenoxy) is 1. The molecule has 1 aliphatic rings. The van der Waals surface area contributed by atoms with Gasteiger partial charge in [0.05, 0.1) is 33.6 Å². The Morgan fingerprint density at radius 3 is 1.97 bits per heavy atom. The Hall–Kier alpha value is -8.54. The number of hydrogen-bond donors (Lipinski definition) is 0. The molecule has 0 radical (unpaired) electrons. The fourth-order valence-corrected chi connectivity index (χ4v) is 9.74. The van der Waals surface area contributed by atoms with E-state index in [0.29, 0.717) is 5.82 Å². The lowest BCUT2D eigenvalue weighted by Crippen LogP contribution is -2.15. The molecule has 0 atom stereocenters. The van der Waals surface area contributed by atoms with Crippen molar-refractivity contribution >= 4 is 71.3 Å². The Bertz CT molecular complexity index is 3790. The molecule has 0 saturated carbocycles. The summed E-state index contributed by atoms with van der Waals surface area (Å²) in [5.41, 5.74) is 12.4. The molecule has 5 nitrogen and oxygen atoms in total. The maximum absolute atomic E-state index is 6.73. The van der Waals surface area contributed by atoms with E-state index in [1.54, 1.807) is 0 Å². The summed E-state index contributed by atoms with van der Waals surface area (Å²) in [5.74, 6) is 2.30. The van der Waals surface area contributed by atoms with E-state index in [-0.39, 0.29) is 0 Å². The largest absolute Gasteiger partial charge is 0.453 e. The molecular formula is C58H36N4O. The normalized spacial score (nSPS) is 12.2. The predicted octanol–water partition coefficient (Wildman–Crippen LogP) is 15.6. The van der Waals surface area contributed by atoms with Gasteiger partial charge in [0.1, 0.15) is 0 Å². The number of hydrogen-bond acceptors (Lipinski definition) is 4. The van der Waals surface area contributed by atoms with Crippen molar-refractivity contribution in [2.75, 3.05) is 4.90 Å². The number of benzene rings is 10. The SMILES string of the molecule is c1ccc(N2c3ccccc3Oc3cc(-c4cccc5c6c7ccccc7ccc6n(-c6cccc(-c7nc(-c8cccc9ccccc89)c8ccccc8n7)c6)c45)ccc32)cc1. The molecule has 1 aliphatic heterocycles. The molecule has 0 fully saturated rings. The van der Waals surface area contributed by atoms with Gasteiger partial charge in [-0.25, -0.2) is 9.97 Å². The number of nitrogens with zero attached hydrogens (tertiary/aromatic N) is 4. The monoisotopic (exact) mass is 804 g/mol. The molecule has 0 unspecified atom stereocenters. The zero-order valence-corrected chi connectivity index (χ0v) is 34.0. The number of anilines is 3. The average molecular weight is 805 g/mol. The summed E-state index contributed by atoms with van der Waals surface area (Å²) >= 11 is 0. The zero-order chi connectivity index (χ0) is 41.4. The first-order chi connectivity index (χ1) is 31.2. The Morgan fingerprint density at radius 1 is 0.397 bits per heavy atom. The number of fused-ring (bicyclic) bond motifs is 9. The van der Waals surface area contributed by atoms with Crippen molar-refractivity contribution in [3.63, 3.8) is 0 Å². The molecule has 0 saturated heterocycles. The van der Waals surface area contributed by atoms with Crippen molar-refractivity contribution in [2.24, 2.45) is 0 Å². The van der Waals surface area contributed by atoms with Crippen molar-refractivity contribution in [3.05, 3.63) is 218 Å². The molecule has 2 aromatic heterocycles. The molecule has 10 aromatic carbocycles. The quantitative estimate of drug-likeness (QED) is 0.174. The van der Waals surface area contributed by atoms with Gasteiger partial charge in [-0.15, -0.1) is 0 Å². The molecule has 3 heterocycles. The first-order valence-corrected chi connectivity index (χ1v) is 21.3. The second-order valence-electron chi connectivity index (χ2n) is 16.1. The highest BCUT2D eigenvalue weighted by Gasteiger charge is 2.27.